The summed E-state index contributed by atoms with van der Waals surface area (Å²) in [4.78, 5) is 14.9. The number of amides is 1. The first kappa shape index (κ1) is 24.0. The van der Waals surface area contributed by atoms with E-state index in [1.165, 1.54) is 6.26 Å². The van der Waals surface area contributed by atoms with Crippen LogP contribution >= 0.6 is 11.6 Å². The Morgan fingerprint density at radius 3 is 2.50 bits per heavy atom. The van der Waals surface area contributed by atoms with Gasteiger partial charge < -0.3 is 25.4 Å². The number of aliphatic hydroxyl groups is 3. The van der Waals surface area contributed by atoms with E-state index in [0.29, 0.717) is 5.92 Å². The lowest BCUT2D eigenvalue weighted by Gasteiger charge is -2.43. The molecule has 0 aromatic rings. The van der Waals surface area contributed by atoms with Crippen LogP contribution in [-0.2, 0) is 20.3 Å². The van der Waals surface area contributed by atoms with Gasteiger partial charge in [0.25, 0.3) is 0 Å². The van der Waals surface area contributed by atoms with E-state index in [9.17, 15) is 24.3 Å². The van der Waals surface area contributed by atoms with Gasteiger partial charge in [-0.1, -0.05) is 13.3 Å². The zero-order valence-corrected chi connectivity index (χ0v) is 18.4. The minimum absolute atomic E-state index is 0.218. The highest BCUT2D eigenvalue weighted by Gasteiger charge is 2.49. The third-order valence-corrected chi connectivity index (χ3v) is 7.04. The summed E-state index contributed by atoms with van der Waals surface area (Å²) in [5.74, 6) is 0.238. The highest BCUT2D eigenvalue weighted by Crippen LogP contribution is 2.29. The SMILES string of the molecule is CCCC1C[C@H](C(=O)NC(C(C)Cl)C2O[C@H](S(C)=O)C(O)[C@H](O)[C@@H]2O)N(C)C1. The zero-order valence-electron chi connectivity index (χ0n) is 16.8. The molecule has 2 fully saturated rings. The molecule has 4 N–H and O–H groups in total. The molecule has 8 nitrogen and oxygen atoms in total. The number of halogens is 1. The third kappa shape index (κ3) is 5.24. The van der Waals surface area contributed by atoms with Gasteiger partial charge in [-0.2, -0.15) is 0 Å². The normalized spacial score (nSPS) is 40.1. The van der Waals surface area contributed by atoms with Gasteiger partial charge in [0.1, 0.15) is 24.4 Å². The predicted molar refractivity (Wildman–Crippen MR) is 107 cm³/mol. The molecule has 0 aromatic carbocycles. The van der Waals surface area contributed by atoms with Crippen molar-refractivity contribution < 1.29 is 29.1 Å². The van der Waals surface area contributed by atoms with Crippen molar-refractivity contribution in [1.29, 1.82) is 0 Å². The maximum atomic E-state index is 12.9. The molecule has 6 unspecified atom stereocenters. The first-order valence-electron chi connectivity index (χ1n) is 9.75. The van der Waals surface area contributed by atoms with E-state index >= 15 is 0 Å². The van der Waals surface area contributed by atoms with Gasteiger partial charge in [-0.15, -0.1) is 11.6 Å². The summed E-state index contributed by atoms with van der Waals surface area (Å²) >= 11 is 6.28. The maximum absolute atomic E-state index is 12.9. The van der Waals surface area contributed by atoms with Crippen molar-refractivity contribution in [2.75, 3.05) is 19.8 Å². The summed E-state index contributed by atoms with van der Waals surface area (Å²) in [6.07, 6.45) is -1.41. The zero-order chi connectivity index (χ0) is 21.2. The summed E-state index contributed by atoms with van der Waals surface area (Å²) in [6, 6.07) is -1.13. The molecule has 2 heterocycles. The Hall–Kier alpha value is -0.290. The monoisotopic (exact) mass is 440 g/mol. The quantitative estimate of drug-likeness (QED) is 0.390. The van der Waals surface area contributed by atoms with Gasteiger partial charge >= 0.3 is 0 Å². The average Bonchev–Trinajstić information content (AvgIpc) is 2.98. The Kier molecular flexibility index (Phi) is 8.69. The average molecular weight is 441 g/mol. The minimum Gasteiger partial charge on any atom is -0.388 e. The van der Waals surface area contributed by atoms with E-state index in [2.05, 4.69) is 12.2 Å². The molecule has 2 aliphatic rings. The number of alkyl halides is 1. The van der Waals surface area contributed by atoms with Crippen molar-refractivity contribution in [1.82, 2.24) is 10.2 Å². The molecule has 2 saturated heterocycles. The van der Waals surface area contributed by atoms with Crippen LogP contribution in [0, 0.1) is 5.92 Å². The van der Waals surface area contributed by atoms with Gasteiger partial charge in [0.05, 0.1) is 28.3 Å². The minimum atomic E-state index is -1.60. The molecule has 164 valence electrons. The second-order valence-electron chi connectivity index (χ2n) is 8.00. The first-order chi connectivity index (χ1) is 13.1. The Morgan fingerprint density at radius 2 is 1.96 bits per heavy atom. The number of likely N-dealkylation sites (tertiary alicyclic amines) is 1. The summed E-state index contributed by atoms with van der Waals surface area (Å²) in [7, 11) is 0.301. The highest BCUT2D eigenvalue weighted by molar-refractivity contribution is 7.84. The van der Waals surface area contributed by atoms with E-state index in [1.807, 2.05) is 11.9 Å². The van der Waals surface area contributed by atoms with Crippen molar-refractivity contribution in [3.8, 4) is 0 Å². The lowest BCUT2D eigenvalue weighted by Crippen LogP contribution is -2.66. The Bertz CT molecular complexity index is 568. The van der Waals surface area contributed by atoms with Crippen LogP contribution in [0.3, 0.4) is 0 Å². The van der Waals surface area contributed by atoms with Gasteiger partial charge in [-0.05, 0) is 32.7 Å². The van der Waals surface area contributed by atoms with Crippen molar-refractivity contribution in [3.63, 3.8) is 0 Å². The summed E-state index contributed by atoms with van der Waals surface area (Å²) in [5, 5.41) is 32.8. The third-order valence-electron chi connectivity index (χ3n) is 5.73. The molecule has 2 aliphatic heterocycles. The fraction of sp³-hybridized carbons (Fsp3) is 0.944. The number of aliphatic hydroxyl groups excluding tert-OH is 3. The number of carbonyl (C=O) groups is 1. The molecule has 1 amide bonds. The Balaban J connectivity index is 2.14. The van der Waals surface area contributed by atoms with Crippen LogP contribution in [-0.4, -0.2) is 97.5 Å². The van der Waals surface area contributed by atoms with Crippen LogP contribution in [0.4, 0.5) is 0 Å². The lowest BCUT2D eigenvalue weighted by atomic mass is 9.92. The summed E-state index contributed by atoms with van der Waals surface area (Å²) < 4.78 is 17.5. The smallest absolute Gasteiger partial charge is 0.237 e. The summed E-state index contributed by atoms with van der Waals surface area (Å²) in [5.41, 5.74) is -1.18. The Labute approximate surface area is 174 Å². The molecule has 0 aliphatic carbocycles. The molecule has 10 heteroatoms. The van der Waals surface area contributed by atoms with E-state index in [1.54, 1.807) is 6.92 Å². The predicted octanol–water partition coefficient (Wildman–Crippen LogP) is -0.595. The maximum Gasteiger partial charge on any atom is 0.237 e. The fourth-order valence-electron chi connectivity index (χ4n) is 4.19. The van der Waals surface area contributed by atoms with Crippen LogP contribution in [0.15, 0.2) is 0 Å². The van der Waals surface area contributed by atoms with Crippen molar-refractivity contribution in [3.05, 3.63) is 0 Å². The van der Waals surface area contributed by atoms with E-state index in [0.717, 1.165) is 25.8 Å². The molecular weight excluding hydrogens is 408 g/mol. The van der Waals surface area contributed by atoms with Gasteiger partial charge in [0.15, 0.2) is 5.44 Å². The molecule has 0 bridgehead atoms. The first-order valence-corrected chi connectivity index (χ1v) is 11.8. The van der Waals surface area contributed by atoms with Crippen LogP contribution in [0.2, 0.25) is 0 Å². The number of ether oxygens (including phenoxy) is 1. The number of nitrogens with one attached hydrogen (secondary N) is 1. The van der Waals surface area contributed by atoms with Crippen molar-refractivity contribution >= 4 is 28.3 Å². The number of nitrogens with zero attached hydrogens (tertiary/aromatic N) is 1. The van der Waals surface area contributed by atoms with Crippen molar-refractivity contribution in [2.45, 2.75) is 80.4 Å². The number of hydrogen-bond acceptors (Lipinski definition) is 7. The molecule has 0 spiro atoms. The molecule has 0 radical (unpaired) electrons. The van der Waals surface area contributed by atoms with Gasteiger partial charge in [-0.3, -0.25) is 13.9 Å². The van der Waals surface area contributed by atoms with E-state index in [-0.39, 0.29) is 11.9 Å². The van der Waals surface area contributed by atoms with Gasteiger partial charge in [0.2, 0.25) is 5.91 Å². The largest absolute Gasteiger partial charge is 0.388 e. The molecule has 0 saturated carbocycles. The second-order valence-corrected chi connectivity index (χ2v) is 10.1. The fourth-order valence-corrected chi connectivity index (χ4v) is 5.24. The lowest BCUT2D eigenvalue weighted by molar-refractivity contribution is -0.206. The standard InChI is InChI=1S/C18H33ClN2O6S/c1-5-6-10-7-11(21(3)8-10)17(25)20-12(9(2)19)16-14(23)13(22)15(24)18(27-16)28(4)26/h9-16,18,22-24H,5-8H2,1-4H3,(H,20,25)/t9?,10?,11-,12?,13-,14+,15?,16?,18-,28?/m1/s1. The van der Waals surface area contributed by atoms with Crippen LogP contribution in [0.5, 0.6) is 0 Å². The van der Waals surface area contributed by atoms with E-state index < -0.39 is 52.1 Å². The second kappa shape index (κ2) is 10.1. The Morgan fingerprint density at radius 1 is 1.32 bits per heavy atom. The van der Waals surface area contributed by atoms with E-state index in [4.69, 9.17) is 16.3 Å². The summed E-state index contributed by atoms with van der Waals surface area (Å²) in [6.45, 7) is 4.61. The highest BCUT2D eigenvalue weighted by atomic mass is 35.5. The molecule has 2 rings (SSSR count). The van der Waals surface area contributed by atoms with Gasteiger partial charge in [0, 0.05) is 12.8 Å². The number of hydrogen-bond donors (Lipinski definition) is 4. The van der Waals surface area contributed by atoms with Gasteiger partial charge in [-0.25, -0.2) is 0 Å². The molecule has 10 atom stereocenters. The van der Waals surface area contributed by atoms with Crippen LogP contribution in [0.1, 0.15) is 33.1 Å². The van der Waals surface area contributed by atoms with Crippen molar-refractivity contribution in [2.24, 2.45) is 5.92 Å². The topological polar surface area (TPSA) is 119 Å². The number of rotatable bonds is 7. The molecule has 28 heavy (non-hydrogen) atoms. The molecule has 0 aromatic heterocycles. The van der Waals surface area contributed by atoms with Crippen LogP contribution in [0.25, 0.3) is 0 Å². The van der Waals surface area contributed by atoms with Crippen LogP contribution < -0.4 is 5.32 Å². The molecular formula is C18H33ClN2O6S. The number of likely N-dealkylation sites (N-methyl/N-ethyl adjacent to an activating group) is 1. The number of carbonyl (C=O) groups excluding carboxylic acids is 1.